The fourth-order valence-corrected chi connectivity index (χ4v) is 1.02. The van der Waals surface area contributed by atoms with Crippen molar-refractivity contribution in [2.45, 2.75) is 18.7 Å². The molecule has 2 nitrogen and oxygen atoms in total. The molecule has 0 aliphatic rings. The van der Waals surface area contributed by atoms with Gasteiger partial charge in [0, 0.05) is 23.6 Å². The Labute approximate surface area is 81.4 Å². The molecule has 0 spiro atoms. The van der Waals surface area contributed by atoms with Crippen LogP contribution in [0.4, 0.5) is 0 Å². The third kappa shape index (κ3) is 2.48. The summed E-state index contributed by atoms with van der Waals surface area (Å²) in [6.45, 7) is 4.22. The molecule has 1 aromatic heterocycles. The first kappa shape index (κ1) is 9.52. The molecule has 0 aliphatic carbocycles. The first-order valence-corrected chi connectivity index (χ1v) is 4.82. The Morgan fingerprint density at radius 2 is 2.42 bits per heavy atom. The van der Waals surface area contributed by atoms with Crippen molar-refractivity contribution >= 4 is 22.0 Å². The van der Waals surface area contributed by atoms with Gasteiger partial charge >= 0.3 is 0 Å². The van der Waals surface area contributed by atoms with Crippen LogP contribution < -0.4 is 0 Å². The normalized spacial score (nSPS) is 14.8. The lowest BCUT2D eigenvalue weighted by Crippen LogP contribution is -1.90. The highest BCUT2D eigenvalue weighted by atomic mass is 79.9. The molecule has 0 saturated heterocycles. The lowest BCUT2D eigenvalue weighted by molar-refractivity contribution is 0.767. The zero-order valence-electron chi connectivity index (χ0n) is 7.58. The fourth-order valence-electron chi connectivity index (χ4n) is 0.892. The summed E-state index contributed by atoms with van der Waals surface area (Å²) in [7, 11) is 1.92. The maximum Gasteiger partial charge on any atom is 0.0562 e. The number of alkyl halides is 1. The largest absolute Gasteiger partial charge is 0.275 e. The molecular weight excluding hydrogens is 216 g/mol. The van der Waals surface area contributed by atoms with E-state index < -0.39 is 0 Å². The van der Waals surface area contributed by atoms with Crippen molar-refractivity contribution < 1.29 is 0 Å². The Balaban J connectivity index is 2.80. The van der Waals surface area contributed by atoms with Gasteiger partial charge in [0.15, 0.2) is 0 Å². The fraction of sp³-hybridized carbons (Fsp3) is 0.444. The average molecular weight is 229 g/mol. The Morgan fingerprint density at radius 3 is 2.83 bits per heavy atom. The van der Waals surface area contributed by atoms with Crippen LogP contribution >= 0.6 is 15.9 Å². The molecule has 1 aromatic rings. The third-order valence-corrected chi connectivity index (χ3v) is 2.47. The van der Waals surface area contributed by atoms with Gasteiger partial charge in [0.2, 0.25) is 0 Å². The Bertz CT molecular complexity index is 286. The van der Waals surface area contributed by atoms with Crippen LogP contribution in [0.3, 0.4) is 0 Å². The summed E-state index contributed by atoms with van der Waals surface area (Å²) in [6, 6.07) is 0. The molecule has 1 rings (SSSR count). The zero-order valence-corrected chi connectivity index (χ0v) is 9.17. The van der Waals surface area contributed by atoms with Gasteiger partial charge in [-0.3, -0.25) is 4.68 Å². The number of allylic oxidation sites excluding steroid dienone is 1. The number of aryl methyl sites for hydroxylation is 1. The molecule has 0 amide bonds. The lowest BCUT2D eigenvalue weighted by atomic mass is 10.2. The Morgan fingerprint density at radius 1 is 1.75 bits per heavy atom. The third-order valence-electron chi connectivity index (χ3n) is 1.75. The van der Waals surface area contributed by atoms with Crippen molar-refractivity contribution in [1.82, 2.24) is 9.78 Å². The first-order chi connectivity index (χ1) is 5.59. The molecule has 0 aromatic carbocycles. The van der Waals surface area contributed by atoms with Crippen LogP contribution in [0.2, 0.25) is 0 Å². The topological polar surface area (TPSA) is 17.8 Å². The summed E-state index contributed by atoms with van der Waals surface area (Å²) in [4.78, 5) is 0.428. The highest BCUT2D eigenvalue weighted by Gasteiger charge is 1.98. The number of hydrogen-bond donors (Lipinski definition) is 0. The van der Waals surface area contributed by atoms with Crippen molar-refractivity contribution in [2.24, 2.45) is 7.05 Å². The van der Waals surface area contributed by atoms with E-state index in [1.807, 2.05) is 19.4 Å². The summed E-state index contributed by atoms with van der Waals surface area (Å²) in [5, 5.41) is 4.09. The van der Waals surface area contributed by atoms with Gasteiger partial charge in [-0.15, -0.1) is 0 Å². The number of nitrogens with zero attached hydrogens (tertiary/aromatic N) is 2. The van der Waals surface area contributed by atoms with Crippen molar-refractivity contribution in [3.8, 4) is 0 Å². The molecule has 0 saturated carbocycles. The van der Waals surface area contributed by atoms with Gasteiger partial charge < -0.3 is 0 Å². The minimum atomic E-state index is 0.428. The quantitative estimate of drug-likeness (QED) is 0.712. The van der Waals surface area contributed by atoms with Crippen LogP contribution in [0.1, 0.15) is 19.4 Å². The van der Waals surface area contributed by atoms with Gasteiger partial charge in [0.1, 0.15) is 0 Å². The van der Waals surface area contributed by atoms with Crippen LogP contribution in [0, 0.1) is 0 Å². The predicted molar refractivity (Wildman–Crippen MR) is 55.2 cm³/mol. The highest BCUT2D eigenvalue weighted by molar-refractivity contribution is 9.09. The second-order valence-corrected chi connectivity index (χ2v) is 4.33. The maximum absolute atomic E-state index is 4.09. The van der Waals surface area contributed by atoms with E-state index in [1.165, 1.54) is 5.57 Å². The van der Waals surface area contributed by atoms with Crippen LogP contribution in [-0.4, -0.2) is 14.6 Å². The maximum atomic E-state index is 4.09. The van der Waals surface area contributed by atoms with E-state index in [0.29, 0.717) is 4.83 Å². The zero-order chi connectivity index (χ0) is 9.14. The number of rotatable bonds is 2. The summed E-state index contributed by atoms with van der Waals surface area (Å²) in [6.07, 6.45) is 5.99. The second-order valence-electron chi connectivity index (χ2n) is 2.95. The van der Waals surface area contributed by atoms with Crippen molar-refractivity contribution in [2.75, 3.05) is 0 Å². The minimum absolute atomic E-state index is 0.428. The second kappa shape index (κ2) is 3.90. The van der Waals surface area contributed by atoms with Gasteiger partial charge in [-0.2, -0.15) is 5.10 Å². The van der Waals surface area contributed by atoms with Crippen LogP contribution in [0.15, 0.2) is 18.0 Å². The van der Waals surface area contributed by atoms with Gasteiger partial charge in [-0.25, -0.2) is 0 Å². The van der Waals surface area contributed by atoms with Gasteiger partial charge in [0.25, 0.3) is 0 Å². The molecule has 0 radical (unpaired) electrons. The van der Waals surface area contributed by atoms with Crippen LogP contribution in [0.25, 0.3) is 6.08 Å². The van der Waals surface area contributed by atoms with E-state index in [2.05, 4.69) is 41.0 Å². The standard InChI is InChI=1S/C9H13BrN2/c1-7(8(2)10)4-9-5-11-12(3)6-9/h4-6,8H,1-3H3/b7-4+. The molecule has 66 valence electrons. The van der Waals surface area contributed by atoms with Crippen molar-refractivity contribution in [3.63, 3.8) is 0 Å². The van der Waals surface area contributed by atoms with E-state index in [-0.39, 0.29) is 0 Å². The predicted octanol–water partition coefficient (Wildman–Crippen LogP) is 2.61. The molecule has 1 unspecified atom stereocenters. The van der Waals surface area contributed by atoms with Crippen LogP contribution in [0.5, 0.6) is 0 Å². The number of halogens is 1. The Kier molecular flexibility index (Phi) is 3.09. The molecule has 1 heterocycles. The molecular formula is C9H13BrN2. The molecule has 3 heteroatoms. The first-order valence-electron chi connectivity index (χ1n) is 3.90. The average Bonchev–Trinajstić information content (AvgIpc) is 2.35. The van der Waals surface area contributed by atoms with Gasteiger partial charge in [-0.05, 0) is 13.8 Å². The number of hydrogen-bond acceptors (Lipinski definition) is 1. The summed E-state index contributed by atoms with van der Waals surface area (Å²) in [5.41, 5.74) is 2.46. The SMILES string of the molecule is C/C(=C\c1cnn(C)c1)C(C)Br. The van der Waals surface area contributed by atoms with E-state index in [0.717, 1.165) is 5.56 Å². The molecule has 0 fully saturated rings. The summed E-state index contributed by atoms with van der Waals surface area (Å²) < 4.78 is 1.80. The van der Waals surface area contributed by atoms with E-state index >= 15 is 0 Å². The lowest BCUT2D eigenvalue weighted by Gasteiger charge is -2.00. The molecule has 1 atom stereocenters. The van der Waals surface area contributed by atoms with Crippen LogP contribution in [-0.2, 0) is 7.05 Å². The summed E-state index contributed by atoms with van der Waals surface area (Å²) in [5.74, 6) is 0. The number of aromatic nitrogens is 2. The summed E-state index contributed by atoms with van der Waals surface area (Å²) >= 11 is 3.51. The van der Waals surface area contributed by atoms with Gasteiger partial charge in [-0.1, -0.05) is 27.6 Å². The molecule has 0 N–H and O–H groups in total. The van der Waals surface area contributed by atoms with E-state index in [4.69, 9.17) is 0 Å². The molecule has 12 heavy (non-hydrogen) atoms. The molecule has 0 bridgehead atoms. The van der Waals surface area contributed by atoms with E-state index in [9.17, 15) is 0 Å². The highest BCUT2D eigenvalue weighted by Crippen LogP contribution is 2.14. The van der Waals surface area contributed by atoms with Crippen molar-refractivity contribution in [1.29, 1.82) is 0 Å². The van der Waals surface area contributed by atoms with Gasteiger partial charge in [0.05, 0.1) is 6.20 Å². The monoisotopic (exact) mass is 228 g/mol. The molecule has 0 aliphatic heterocycles. The smallest absolute Gasteiger partial charge is 0.0562 e. The van der Waals surface area contributed by atoms with Crippen molar-refractivity contribution in [3.05, 3.63) is 23.5 Å². The van der Waals surface area contributed by atoms with E-state index in [1.54, 1.807) is 4.68 Å². The minimum Gasteiger partial charge on any atom is -0.275 e. The Hall–Kier alpha value is -0.570.